The summed E-state index contributed by atoms with van der Waals surface area (Å²) in [4.78, 5) is 0. The Labute approximate surface area is 157 Å². The van der Waals surface area contributed by atoms with E-state index in [0.717, 1.165) is 18.4 Å². The van der Waals surface area contributed by atoms with Crippen LogP contribution in [0, 0.1) is 0 Å². The zero-order valence-electron chi connectivity index (χ0n) is 17.0. The molecule has 0 fully saturated rings. The van der Waals surface area contributed by atoms with E-state index in [-0.39, 0.29) is 0 Å². The van der Waals surface area contributed by atoms with Crippen LogP contribution in [0.5, 0.6) is 5.75 Å². The fourth-order valence-corrected chi connectivity index (χ4v) is 3.55. The predicted molar refractivity (Wildman–Crippen MR) is 112 cm³/mol. The van der Waals surface area contributed by atoms with E-state index < -0.39 is 0 Å². The fraction of sp³-hybridized carbons (Fsp3) is 0.750. The molecule has 0 bridgehead atoms. The molecule has 0 amide bonds. The highest BCUT2D eigenvalue weighted by Crippen LogP contribution is 2.22. The molecule has 0 aliphatic carbocycles. The number of aromatic hydroxyl groups is 1. The Morgan fingerprint density at radius 3 is 1.64 bits per heavy atom. The molecule has 0 spiro atoms. The Morgan fingerprint density at radius 1 is 0.600 bits per heavy atom. The van der Waals surface area contributed by atoms with Crippen LogP contribution in [0.25, 0.3) is 0 Å². The van der Waals surface area contributed by atoms with Crippen LogP contribution in [0.15, 0.2) is 18.2 Å². The van der Waals surface area contributed by atoms with Crippen LogP contribution < -0.4 is 0 Å². The summed E-state index contributed by atoms with van der Waals surface area (Å²) in [6, 6.07) is 6.28. The Bertz CT molecular complexity index is 424. The minimum Gasteiger partial charge on any atom is -0.508 e. The minimum absolute atomic E-state index is 0.495. The number of benzene rings is 1. The summed E-state index contributed by atoms with van der Waals surface area (Å²) < 4.78 is 0. The van der Waals surface area contributed by atoms with Crippen molar-refractivity contribution in [3.05, 3.63) is 29.3 Å². The van der Waals surface area contributed by atoms with Crippen molar-refractivity contribution in [1.29, 1.82) is 0 Å². The summed E-state index contributed by atoms with van der Waals surface area (Å²) in [5, 5.41) is 10.1. The Kier molecular flexibility index (Phi) is 13.5. The molecule has 0 aromatic heterocycles. The average Bonchev–Trinajstić information content (AvgIpc) is 2.62. The lowest BCUT2D eigenvalue weighted by atomic mass is 9.99. The van der Waals surface area contributed by atoms with Gasteiger partial charge in [-0.15, -0.1) is 0 Å². The highest BCUT2D eigenvalue weighted by molar-refractivity contribution is 5.36. The Hall–Kier alpha value is -0.980. The second-order valence-corrected chi connectivity index (χ2v) is 7.71. The van der Waals surface area contributed by atoms with E-state index in [1.165, 1.54) is 95.5 Å². The van der Waals surface area contributed by atoms with Crippen molar-refractivity contribution in [2.45, 2.75) is 117 Å². The maximum atomic E-state index is 10.1. The van der Waals surface area contributed by atoms with Gasteiger partial charge in [-0.05, 0) is 42.9 Å². The lowest BCUT2D eigenvalue weighted by Gasteiger charge is -2.08. The summed E-state index contributed by atoms with van der Waals surface area (Å²) in [7, 11) is 0. The first-order valence-electron chi connectivity index (χ1n) is 11.1. The molecule has 0 aliphatic rings. The number of phenols is 1. The molecule has 144 valence electrons. The third kappa shape index (κ3) is 11.3. The molecule has 1 aromatic carbocycles. The van der Waals surface area contributed by atoms with Crippen LogP contribution in [0.4, 0.5) is 0 Å². The van der Waals surface area contributed by atoms with Crippen molar-refractivity contribution in [3.8, 4) is 5.75 Å². The quantitative estimate of drug-likeness (QED) is 0.301. The molecule has 0 saturated heterocycles. The van der Waals surface area contributed by atoms with Gasteiger partial charge in [0.2, 0.25) is 0 Å². The monoisotopic (exact) mass is 346 g/mol. The SMILES string of the molecule is CCCCCCCCCc1ccc(O)c(CCCCCCCCC)c1. The van der Waals surface area contributed by atoms with Gasteiger partial charge in [0.1, 0.15) is 5.75 Å². The van der Waals surface area contributed by atoms with Crippen LogP contribution in [0.2, 0.25) is 0 Å². The number of rotatable bonds is 16. The number of unbranched alkanes of at least 4 members (excludes halogenated alkanes) is 12. The number of phenolic OH excluding ortho intramolecular Hbond substituents is 1. The number of hydrogen-bond donors (Lipinski definition) is 1. The van der Waals surface area contributed by atoms with E-state index in [9.17, 15) is 5.11 Å². The second kappa shape index (κ2) is 15.3. The first kappa shape index (κ1) is 22.1. The second-order valence-electron chi connectivity index (χ2n) is 7.71. The lowest BCUT2D eigenvalue weighted by Crippen LogP contribution is -1.92. The molecule has 0 unspecified atom stereocenters. The van der Waals surface area contributed by atoms with Gasteiger partial charge >= 0.3 is 0 Å². The molecular weight excluding hydrogens is 304 g/mol. The molecule has 0 atom stereocenters. The van der Waals surface area contributed by atoms with Gasteiger partial charge in [0.15, 0.2) is 0 Å². The smallest absolute Gasteiger partial charge is 0.118 e. The fourth-order valence-electron chi connectivity index (χ4n) is 3.55. The minimum atomic E-state index is 0.495. The molecule has 1 aromatic rings. The van der Waals surface area contributed by atoms with Crippen molar-refractivity contribution >= 4 is 0 Å². The molecule has 1 rings (SSSR count). The van der Waals surface area contributed by atoms with Crippen LogP contribution in [0.1, 0.15) is 115 Å². The van der Waals surface area contributed by atoms with Gasteiger partial charge in [-0.1, -0.05) is 103 Å². The summed E-state index contributed by atoms with van der Waals surface area (Å²) in [6.07, 6.45) is 21.0. The highest BCUT2D eigenvalue weighted by atomic mass is 16.3. The molecule has 25 heavy (non-hydrogen) atoms. The number of hydrogen-bond acceptors (Lipinski definition) is 1. The van der Waals surface area contributed by atoms with E-state index in [2.05, 4.69) is 26.0 Å². The predicted octanol–water partition coefficient (Wildman–Crippen LogP) is 7.98. The van der Waals surface area contributed by atoms with Gasteiger partial charge in [0, 0.05) is 0 Å². The zero-order chi connectivity index (χ0) is 18.2. The zero-order valence-corrected chi connectivity index (χ0v) is 17.0. The molecule has 0 saturated carbocycles. The standard InChI is InChI=1S/C24H42O/c1-3-5-7-9-11-13-15-17-22-19-20-24(25)23(21-22)18-16-14-12-10-8-6-4-2/h19-21,25H,3-18H2,1-2H3. The van der Waals surface area contributed by atoms with Gasteiger partial charge < -0.3 is 5.11 Å². The van der Waals surface area contributed by atoms with Gasteiger partial charge in [-0.3, -0.25) is 0 Å². The van der Waals surface area contributed by atoms with Crippen LogP contribution in [0.3, 0.4) is 0 Å². The summed E-state index contributed by atoms with van der Waals surface area (Å²) >= 11 is 0. The summed E-state index contributed by atoms with van der Waals surface area (Å²) in [6.45, 7) is 4.54. The molecule has 1 N–H and O–H groups in total. The molecule has 1 heteroatoms. The van der Waals surface area contributed by atoms with Crippen molar-refractivity contribution in [3.63, 3.8) is 0 Å². The molecule has 0 heterocycles. The highest BCUT2D eigenvalue weighted by Gasteiger charge is 2.03. The van der Waals surface area contributed by atoms with E-state index in [4.69, 9.17) is 0 Å². The van der Waals surface area contributed by atoms with Crippen LogP contribution in [-0.2, 0) is 12.8 Å². The maximum absolute atomic E-state index is 10.1. The summed E-state index contributed by atoms with van der Waals surface area (Å²) in [5.41, 5.74) is 2.57. The first-order chi connectivity index (χ1) is 12.3. The number of aryl methyl sites for hydroxylation is 2. The topological polar surface area (TPSA) is 20.2 Å². The largest absolute Gasteiger partial charge is 0.508 e. The van der Waals surface area contributed by atoms with Gasteiger partial charge in [-0.2, -0.15) is 0 Å². The van der Waals surface area contributed by atoms with E-state index in [1.54, 1.807) is 0 Å². The van der Waals surface area contributed by atoms with Crippen LogP contribution in [-0.4, -0.2) is 5.11 Å². The van der Waals surface area contributed by atoms with E-state index in [0.29, 0.717) is 5.75 Å². The third-order valence-corrected chi connectivity index (χ3v) is 5.26. The average molecular weight is 347 g/mol. The molecule has 0 radical (unpaired) electrons. The van der Waals surface area contributed by atoms with Gasteiger partial charge in [0.25, 0.3) is 0 Å². The van der Waals surface area contributed by atoms with Crippen molar-refractivity contribution in [2.24, 2.45) is 0 Å². The van der Waals surface area contributed by atoms with Crippen molar-refractivity contribution in [1.82, 2.24) is 0 Å². The summed E-state index contributed by atoms with van der Waals surface area (Å²) in [5.74, 6) is 0.495. The first-order valence-corrected chi connectivity index (χ1v) is 11.1. The van der Waals surface area contributed by atoms with Crippen LogP contribution >= 0.6 is 0 Å². The molecular formula is C24H42O. The lowest BCUT2D eigenvalue weighted by molar-refractivity contribution is 0.465. The maximum Gasteiger partial charge on any atom is 0.118 e. The van der Waals surface area contributed by atoms with Crippen molar-refractivity contribution in [2.75, 3.05) is 0 Å². The molecule has 0 aliphatic heterocycles. The van der Waals surface area contributed by atoms with Gasteiger partial charge in [-0.25, -0.2) is 0 Å². The third-order valence-electron chi connectivity index (χ3n) is 5.26. The van der Waals surface area contributed by atoms with Gasteiger partial charge in [0.05, 0.1) is 0 Å². The van der Waals surface area contributed by atoms with E-state index >= 15 is 0 Å². The Balaban J connectivity index is 2.19. The van der Waals surface area contributed by atoms with Crippen molar-refractivity contribution < 1.29 is 5.11 Å². The van der Waals surface area contributed by atoms with E-state index in [1.807, 2.05) is 6.07 Å². The normalized spacial score (nSPS) is 11.1. The Morgan fingerprint density at radius 2 is 1.08 bits per heavy atom. The molecule has 1 nitrogen and oxygen atoms in total.